The maximum absolute atomic E-state index is 12.5. The van der Waals surface area contributed by atoms with Crippen molar-refractivity contribution in [3.8, 4) is 50.7 Å². The average molecular weight is 618 g/mol. The van der Waals surface area contributed by atoms with Crippen LogP contribution in [0.4, 0.5) is 16.3 Å². The highest BCUT2D eigenvalue weighted by Crippen LogP contribution is 2.46. The van der Waals surface area contributed by atoms with Gasteiger partial charge in [0.05, 0.1) is 34.9 Å². The van der Waals surface area contributed by atoms with Crippen LogP contribution in [0.3, 0.4) is 0 Å². The van der Waals surface area contributed by atoms with Crippen LogP contribution in [0.25, 0.3) is 50.7 Å². The summed E-state index contributed by atoms with van der Waals surface area (Å²) in [5.41, 5.74) is 11.0. The fourth-order valence-electron chi connectivity index (χ4n) is 6.78. The molecule has 0 spiro atoms. The number of carbonyl (C=O) groups excluding carboxylic acids is 1. The Morgan fingerprint density at radius 2 is 1.53 bits per heavy atom. The smallest absolute Gasteiger partial charge is 0.407 e. The summed E-state index contributed by atoms with van der Waals surface area (Å²) in [6.45, 7) is 4.27. The van der Waals surface area contributed by atoms with Gasteiger partial charge in [-0.05, 0) is 74.1 Å². The SMILES string of the molecule is CCOC(=O)NC1(c2ccc(-c3c(-c4ccc(-c5ccc(C)cc5)cc4)nc4n3-c3cccnc3Nc3ccccc3-4)cc2)CCC1. The average Bonchev–Trinajstić information content (AvgIpc) is 3.42. The van der Waals surface area contributed by atoms with Gasteiger partial charge >= 0.3 is 6.09 Å². The Kier molecular flexibility index (Phi) is 7.09. The number of pyridine rings is 1. The van der Waals surface area contributed by atoms with Gasteiger partial charge in [-0.15, -0.1) is 0 Å². The summed E-state index contributed by atoms with van der Waals surface area (Å²) in [5, 5.41) is 6.70. The fraction of sp³-hybridized carbons (Fsp3) is 0.175. The lowest BCUT2D eigenvalue weighted by molar-refractivity contribution is 0.115. The van der Waals surface area contributed by atoms with E-state index in [1.165, 1.54) is 11.1 Å². The highest BCUT2D eigenvalue weighted by atomic mass is 16.5. The number of imidazole rings is 1. The number of aryl methyl sites for hydroxylation is 1. The van der Waals surface area contributed by atoms with Crippen molar-refractivity contribution in [2.75, 3.05) is 11.9 Å². The van der Waals surface area contributed by atoms with E-state index in [0.29, 0.717) is 6.61 Å². The molecular weight excluding hydrogens is 582 g/mol. The predicted octanol–water partition coefficient (Wildman–Crippen LogP) is 9.43. The summed E-state index contributed by atoms with van der Waals surface area (Å²) in [4.78, 5) is 22.6. The maximum atomic E-state index is 12.5. The van der Waals surface area contributed by atoms with Crippen LogP contribution in [0.15, 0.2) is 115 Å². The van der Waals surface area contributed by atoms with Crippen molar-refractivity contribution in [2.45, 2.75) is 38.6 Å². The zero-order chi connectivity index (χ0) is 32.0. The van der Waals surface area contributed by atoms with Crippen LogP contribution >= 0.6 is 0 Å². The van der Waals surface area contributed by atoms with Gasteiger partial charge in [0.2, 0.25) is 0 Å². The van der Waals surface area contributed by atoms with E-state index in [0.717, 1.165) is 81.5 Å². The van der Waals surface area contributed by atoms with E-state index in [9.17, 15) is 4.79 Å². The quantitative estimate of drug-likeness (QED) is 0.194. The lowest BCUT2D eigenvalue weighted by atomic mass is 9.71. The molecule has 3 heterocycles. The number of hydrogen-bond donors (Lipinski definition) is 2. The van der Waals surface area contributed by atoms with E-state index in [4.69, 9.17) is 14.7 Å². The zero-order valence-electron chi connectivity index (χ0n) is 26.5. The number of benzene rings is 4. The molecular formula is C40H35N5O2. The molecule has 7 nitrogen and oxygen atoms in total. The number of fused-ring (bicyclic) bond motifs is 5. The first-order chi connectivity index (χ1) is 23.0. The highest BCUT2D eigenvalue weighted by molar-refractivity contribution is 5.91. The van der Waals surface area contributed by atoms with Gasteiger partial charge in [-0.2, -0.15) is 0 Å². The minimum Gasteiger partial charge on any atom is -0.450 e. The Balaban J connectivity index is 1.30. The number of nitrogens with zero attached hydrogens (tertiary/aromatic N) is 3. The number of rotatable bonds is 6. The number of nitrogens with one attached hydrogen (secondary N) is 2. The van der Waals surface area contributed by atoms with Gasteiger partial charge in [-0.25, -0.2) is 14.8 Å². The van der Waals surface area contributed by atoms with Crippen molar-refractivity contribution in [2.24, 2.45) is 0 Å². The molecule has 0 bridgehead atoms. The van der Waals surface area contributed by atoms with Crippen molar-refractivity contribution in [3.63, 3.8) is 0 Å². The van der Waals surface area contributed by atoms with Gasteiger partial charge in [0.1, 0.15) is 5.82 Å². The topological polar surface area (TPSA) is 81.1 Å². The van der Waals surface area contributed by atoms with Crippen LogP contribution in [0.5, 0.6) is 0 Å². The summed E-state index contributed by atoms with van der Waals surface area (Å²) in [6, 6.07) is 38.1. The summed E-state index contributed by atoms with van der Waals surface area (Å²) >= 11 is 0. The van der Waals surface area contributed by atoms with Gasteiger partial charge in [0, 0.05) is 22.9 Å². The number of hydrogen-bond acceptors (Lipinski definition) is 5. The number of carbonyl (C=O) groups is 1. The predicted molar refractivity (Wildman–Crippen MR) is 187 cm³/mol. The first kappa shape index (κ1) is 28.8. The Morgan fingerprint density at radius 3 is 2.23 bits per heavy atom. The van der Waals surface area contributed by atoms with Crippen molar-refractivity contribution < 1.29 is 9.53 Å². The Bertz CT molecular complexity index is 2090. The molecule has 8 rings (SSSR count). The molecule has 0 unspecified atom stereocenters. The molecule has 7 heteroatoms. The number of alkyl carbamates (subject to hydrolysis) is 1. The Labute approximate surface area is 274 Å². The van der Waals surface area contributed by atoms with Crippen LogP contribution in [0.1, 0.15) is 37.3 Å². The highest BCUT2D eigenvalue weighted by Gasteiger charge is 2.40. The molecule has 2 N–H and O–H groups in total. The van der Waals surface area contributed by atoms with E-state index in [2.05, 4.69) is 113 Å². The molecule has 1 saturated carbocycles. The van der Waals surface area contributed by atoms with E-state index in [-0.39, 0.29) is 6.09 Å². The Hall–Kier alpha value is -5.69. The van der Waals surface area contributed by atoms with E-state index in [1.807, 2.05) is 31.3 Å². The van der Waals surface area contributed by atoms with Crippen molar-refractivity contribution >= 4 is 17.6 Å². The molecule has 1 amide bonds. The molecule has 47 heavy (non-hydrogen) atoms. The minimum atomic E-state index is -0.410. The number of para-hydroxylation sites is 1. The first-order valence-electron chi connectivity index (χ1n) is 16.2. The standard InChI is InChI=1S/C40H35N5O2/c1-3-47-39(46)44-40(23-7-24-40)31-21-19-30(20-22-31)36-35(29-17-15-28(16-18-29)27-13-11-26(2)12-14-27)43-38-32-8-4-5-9-33(32)42-37-34(45(36)38)10-6-25-41-37/h4-6,8-22,25H,3,7,23-24H2,1-2H3,(H,41,42)(H,44,46). The van der Waals surface area contributed by atoms with Crippen LogP contribution in [-0.2, 0) is 10.3 Å². The monoisotopic (exact) mass is 617 g/mol. The lowest BCUT2D eigenvalue weighted by Crippen LogP contribution is -2.50. The summed E-state index contributed by atoms with van der Waals surface area (Å²) in [7, 11) is 0. The Morgan fingerprint density at radius 1 is 0.851 bits per heavy atom. The summed E-state index contributed by atoms with van der Waals surface area (Å²) < 4.78 is 7.48. The number of amides is 1. The third-order valence-electron chi connectivity index (χ3n) is 9.40. The second kappa shape index (κ2) is 11.6. The zero-order valence-corrected chi connectivity index (χ0v) is 26.5. The van der Waals surface area contributed by atoms with Gasteiger partial charge in [-0.1, -0.05) is 90.5 Å². The lowest BCUT2D eigenvalue weighted by Gasteiger charge is -2.42. The molecule has 1 aliphatic carbocycles. The van der Waals surface area contributed by atoms with E-state index < -0.39 is 5.54 Å². The van der Waals surface area contributed by atoms with E-state index >= 15 is 0 Å². The second-order valence-corrected chi connectivity index (χ2v) is 12.3. The molecule has 2 aromatic heterocycles. The van der Waals surface area contributed by atoms with Gasteiger partial charge < -0.3 is 15.4 Å². The molecule has 2 aliphatic rings. The molecule has 0 radical (unpaired) electrons. The van der Waals surface area contributed by atoms with E-state index in [1.54, 1.807) is 0 Å². The van der Waals surface area contributed by atoms with Crippen molar-refractivity contribution in [1.29, 1.82) is 0 Å². The molecule has 0 saturated heterocycles. The third-order valence-corrected chi connectivity index (χ3v) is 9.40. The first-order valence-corrected chi connectivity index (χ1v) is 16.2. The number of anilines is 2. The van der Waals surface area contributed by atoms with Crippen LogP contribution in [-0.4, -0.2) is 27.2 Å². The molecule has 232 valence electrons. The molecule has 6 aromatic rings. The second-order valence-electron chi connectivity index (χ2n) is 12.3. The molecule has 1 fully saturated rings. The summed E-state index contributed by atoms with van der Waals surface area (Å²) in [6.07, 6.45) is 4.26. The maximum Gasteiger partial charge on any atom is 0.407 e. The van der Waals surface area contributed by atoms with Crippen molar-refractivity contribution in [1.82, 2.24) is 19.9 Å². The molecule has 4 aromatic carbocycles. The van der Waals surface area contributed by atoms with Gasteiger partial charge in [-0.3, -0.25) is 4.57 Å². The fourth-order valence-corrected chi connectivity index (χ4v) is 6.78. The molecule has 1 aliphatic heterocycles. The van der Waals surface area contributed by atoms with Crippen LogP contribution in [0, 0.1) is 6.92 Å². The van der Waals surface area contributed by atoms with Crippen molar-refractivity contribution in [3.05, 3.63) is 127 Å². The number of aromatic nitrogens is 3. The van der Waals surface area contributed by atoms with Crippen LogP contribution in [0.2, 0.25) is 0 Å². The normalized spacial score (nSPS) is 14.0. The largest absolute Gasteiger partial charge is 0.450 e. The summed E-state index contributed by atoms with van der Waals surface area (Å²) in [5.74, 6) is 1.61. The third kappa shape index (κ3) is 5.04. The van der Waals surface area contributed by atoms with Gasteiger partial charge in [0.25, 0.3) is 0 Å². The van der Waals surface area contributed by atoms with Crippen LogP contribution < -0.4 is 10.6 Å². The minimum absolute atomic E-state index is 0.344. The molecule has 0 atom stereocenters. The van der Waals surface area contributed by atoms with Gasteiger partial charge in [0.15, 0.2) is 5.82 Å². The number of ether oxygens (including phenoxy) is 1.